The number of phenolic OH excluding ortho intramolecular Hbond substituents is 1. The summed E-state index contributed by atoms with van der Waals surface area (Å²) in [6, 6.07) is 32.6. The van der Waals surface area contributed by atoms with Crippen LogP contribution in [0.1, 0.15) is 40.3 Å². The third-order valence-corrected chi connectivity index (χ3v) is 7.46. The van der Waals surface area contributed by atoms with Crippen LogP contribution in [0.25, 0.3) is 11.1 Å². The minimum atomic E-state index is -5.02. The van der Waals surface area contributed by atoms with Crippen LogP contribution >= 0.6 is 0 Å². The van der Waals surface area contributed by atoms with Gasteiger partial charge in [-0.15, -0.1) is 0 Å². The molecule has 0 aliphatic carbocycles. The first-order chi connectivity index (χ1) is 20.4. The zero-order valence-electron chi connectivity index (χ0n) is 22.8. The maximum absolute atomic E-state index is 13.5. The minimum absolute atomic E-state index is 0.0532. The molecule has 218 valence electrons. The molecule has 8 heteroatoms. The number of phenols is 1. The summed E-state index contributed by atoms with van der Waals surface area (Å²) >= 11 is 0. The lowest BCUT2D eigenvalue weighted by Gasteiger charge is -2.33. The molecule has 0 aliphatic heterocycles. The van der Waals surface area contributed by atoms with Crippen molar-refractivity contribution in [2.45, 2.75) is 24.7 Å². The van der Waals surface area contributed by atoms with Crippen molar-refractivity contribution in [1.29, 1.82) is 0 Å². The summed E-state index contributed by atoms with van der Waals surface area (Å²) in [4.78, 5) is 4.06. The molecule has 2 nitrogen and oxygen atoms in total. The standard InChI is InChI=1S/C35H25F6NO/c1-33(24-13-7-3-8-14-24,25-15-9-4-10-16-25)31-18-17-29(23-11-5-2-6-12-23)30(32(31)43)22-42-28-20-26(34(36,37)38)19-27(21-28)35(39,40)41/h2-22,43H,1H3. The van der Waals surface area contributed by atoms with Gasteiger partial charge in [-0.25, -0.2) is 0 Å². The Kier molecular flexibility index (Phi) is 7.88. The molecule has 0 saturated carbocycles. The van der Waals surface area contributed by atoms with Gasteiger partial charge in [-0.05, 0) is 47.4 Å². The molecule has 0 radical (unpaired) electrons. The van der Waals surface area contributed by atoms with E-state index in [1.807, 2.05) is 67.6 Å². The quantitative estimate of drug-likeness (QED) is 0.119. The molecule has 0 unspecified atom stereocenters. The topological polar surface area (TPSA) is 32.6 Å². The van der Waals surface area contributed by atoms with Crippen LogP contribution in [0.3, 0.4) is 0 Å². The van der Waals surface area contributed by atoms with Crippen molar-refractivity contribution in [1.82, 2.24) is 0 Å². The molecule has 0 fully saturated rings. The van der Waals surface area contributed by atoms with Gasteiger partial charge < -0.3 is 5.11 Å². The second-order valence-electron chi connectivity index (χ2n) is 10.2. The molecule has 5 aromatic carbocycles. The Morgan fingerprint density at radius 2 is 1.05 bits per heavy atom. The second-order valence-corrected chi connectivity index (χ2v) is 10.2. The van der Waals surface area contributed by atoms with Gasteiger partial charge in [0.2, 0.25) is 0 Å². The Morgan fingerprint density at radius 3 is 1.51 bits per heavy atom. The lowest BCUT2D eigenvalue weighted by atomic mass is 9.70. The predicted molar refractivity (Wildman–Crippen MR) is 156 cm³/mol. The monoisotopic (exact) mass is 589 g/mol. The highest BCUT2D eigenvalue weighted by Gasteiger charge is 2.37. The molecule has 0 heterocycles. The van der Waals surface area contributed by atoms with Crippen molar-refractivity contribution in [3.05, 3.63) is 155 Å². The zero-order chi connectivity index (χ0) is 30.8. The Morgan fingerprint density at radius 1 is 0.581 bits per heavy atom. The molecular weight excluding hydrogens is 564 g/mol. The van der Waals surface area contributed by atoms with Gasteiger partial charge in [0, 0.05) is 22.8 Å². The normalized spacial score (nSPS) is 12.5. The van der Waals surface area contributed by atoms with Gasteiger partial charge >= 0.3 is 12.4 Å². The van der Waals surface area contributed by atoms with E-state index < -0.39 is 34.6 Å². The van der Waals surface area contributed by atoms with E-state index in [4.69, 9.17) is 0 Å². The summed E-state index contributed by atoms with van der Waals surface area (Å²) in [5.41, 5.74) is -0.876. The van der Waals surface area contributed by atoms with E-state index in [0.717, 1.165) is 17.3 Å². The van der Waals surface area contributed by atoms with E-state index >= 15 is 0 Å². The third-order valence-electron chi connectivity index (χ3n) is 7.46. The molecule has 5 rings (SSSR count). The van der Waals surface area contributed by atoms with Gasteiger partial charge in [-0.2, -0.15) is 26.3 Å². The fourth-order valence-electron chi connectivity index (χ4n) is 5.18. The van der Waals surface area contributed by atoms with Crippen molar-refractivity contribution in [3.63, 3.8) is 0 Å². The highest BCUT2D eigenvalue weighted by atomic mass is 19.4. The van der Waals surface area contributed by atoms with E-state index in [9.17, 15) is 31.4 Å². The van der Waals surface area contributed by atoms with Crippen molar-refractivity contribution in [2.75, 3.05) is 0 Å². The number of hydrogen-bond acceptors (Lipinski definition) is 2. The number of aliphatic imine (C=N–C) groups is 1. The van der Waals surface area contributed by atoms with E-state index in [1.54, 1.807) is 42.5 Å². The Balaban J connectivity index is 1.75. The molecule has 0 saturated heterocycles. The van der Waals surface area contributed by atoms with Gasteiger partial charge in [0.25, 0.3) is 0 Å². The van der Waals surface area contributed by atoms with Crippen LogP contribution in [-0.2, 0) is 17.8 Å². The molecule has 0 aliphatic rings. The summed E-state index contributed by atoms with van der Waals surface area (Å²) in [5.74, 6) is -0.205. The predicted octanol–water partition coefficient (Wildman–Crippen LogP) is 10.2. The lowest BCUT2D eigenvalue weighted by Crippen LogP contribution is -2.25. The summed E-state index contributed by atoms with van der Waals surface area (Å²) < 4.78 is 81.0. The molecule has 5 aromatic rings. The summed E-state index contributed by atoms with van der Waals surface area (Å²) in [6.45, 7) is 1.94. The fraction of sp³-hybridized carbons (Fsp3) is 0.114. The number of halogens is 6. The van der Waals surface area contributed by atoms with Crippen LogP contribution in [0.15, 0.2) is 126 Å². The SMILES string of the molecule is CC(c1ccccc1)(c1ccccc1)c1ccc(-c2ccccc2)c(C=Nc2cc(C(F)(F)F)cc(C(F)(F)F)c2)c1O. The van der Waals surface area contributed by atoms with Crippen LogP contribution in [0.5, 0.6) is 5.75 Å². The molecule has 0 aromatic heterocycles. The zero-order valence-corrected chi connectivity index (χ0v) is 22.8. The first kappa shape index (κ1) is 29.6. The van der Waals surface area contributed by atoms with E-state index in [0.29, 0.717) is 28.8 Å². The number of hydrogen-bond donors (Lipinski definition) is 1. The number of rotatable bonds is 6. The van der Waals surface area contributed by atoms with E-state index in [-0.39, 0.29) is 17.4 Å². The number of alkyl halides is 6. The van der Waals surface area contributed by atoms with Crippen LogP contribution in [0.4, 0.5) is 32.0 Å². The second kappa shape index (κ2) is 11.4. The largest absolute Gasteiger partial charge is 0.507 e. The van der Waals surface area contributed by atoms with Crippen LogP contribution in [0, 0.1) is 0 Å². The molecule has 0 bridgehead atoms. The van der Waals surface area contributed by atoms with Crippen molar-refractivity contribution < 1.29 is 31.4 Å². The Hall–Kier alpha value is -4.85. The first-order valence-corrected chi connectivity index (χ1v) is 13.3. The summed E-state index contributed by atoms with van der Waals surface area (Å²) in [5, 5.41) is 11.9. The average molecular weight is 590 g/mol. The fourth-order valence-corrected chi connectivity index (χ4v) is 5.18. The lowest BCUT2D eigenvalue weighted by molar-refractivity contribution is -0.143. The van der Waals surface area contributed by atoms with E-state index in [1.165, 1.54) is 0 Å². The summed E-state index contributed by atoms with van der Waals surface area (Å²) in [6.07, 6.45) is -8.92. The van der Waals surface area contributed by atoms with Crippen molar-refractivity contribution in [2.24, 2.45) is 4.99 Å². The maximum Gasteiger partial charge on any atom is 0.416 e. The molecule has 43 heavy (non-hydrogen) atoms. The number of aromatic hydroxyl groups is 1. The van der Waals surface area contributed by atoms with Gasteiger partial charge in [0.15, 0.2) is 0 Å². The van der Waals surface area contributed by atoms with Gasteiger partial charge in [0.1, 0.15) is 5.75 Å². The number of nitrogens with zero attached hydrogens (tertiary/aromatic N) is 1. The van der Waals surface area contributed by atoms with Crippen LogP contribution in [0.2, 0.25) is 0 Å². The highest BCUT2D eigenvalue weighted by Crippen LogP contribution is 2.46. The third kappa shape index (κ3) is 6.04. The average Bonchev–Trinajstić information content (AvgIpc) is 3.00. The Labute approximate surface area is 244 Å². The molecule has 0 spiro atoms. The Bertz CT molecular complexity index is 1670. The van der Waals surface area contributed by atoms with Gasteiger partial charge in [0.05, 0.1) is 16.8 Å². The van der Waals surface area contributed by atoms with Crippen molar-refractivity contribution >= 4 is 11.9 Å². The van der Waals surface area contributed by atoms with Gasteiger partial charge in [-0.3, -0.25) is 4.99 Å². The van der Waals surface area contributed by atoms with Crippen molar-refractivity contribution in [3.8, 4) is 16.9 Å². The van der Waals surface area contributed by atoms with E-state index in [2.05, 4.69) is 4.99 Å². The van der Waals surface area contributed by atoms with Gasteiger partial charge in [-0.1, -0.05) is 103 Å². The number of benzene rings is 5. The first-order valence-electron chi connectivity index (χ1n) is 13.3. The molecule has 1 N–H and O–H groups in total. The molecule has 0 amide bonds. The minimum Gasteiger partial charge on any atom is -0.507 e. The van der Waals surface area contributed by atoms with Crippen LogP contribution in [-0.4, -0.2) is 11.3 Å². The smallest absolute Gasteiger partial charge is 0.416 e. The molecular formula is C35H25F6NO. The summed E-state index contributed by atoms with van der Waals surface area (Å²) in [7, 11) is 0. The molecule has 0 atom stereocenters. The highest BCUT2D eigenvalue weighted by molar-refractivity contribution is 5.95. The van der Waals surface area contributed by atoms with Crippen LogP contribution < -0.4 is 0 Å². The maximum atomic E-state index is 13.5.